The molecule has 14 nitrogen and oxygen atoms in total. The topological polar surface area (TPSA) is 176 Å². The quantitative estimate of drug-likeness (QED) is 0.245. The van der Waals surface area contributed by atoms with Gasteiger partial charge in [-0.2, -0.15) is 0 Å². The van der Waals surface area contributed by atoms with Crippen molar-refractivity contribution in [2.24, 2.45) is 5.16 Å². The van der Waals surface area contributed by atoms with Crippen LogP contribution in [0.15, 0.2) is 10.5 Å². The van der Waals surface area contributed by atoms with Crippen LogP contribution in [0.25, 0.3) is 0 Å². The maximum atomic E-state index is 13.4. The molecule has 1 aromatic heterocycles. The van der Waals surface area contributed by atoms with Gasteiger partial charge in [0, 0.05) is 18.2 Å². The summed E-state index contributed by atoms with van der Waals surface area (Å²) in [4.78, 5) is 66.0. The molecule has 3 amide bonds. The molecule has 1 aromatic rings. The Morgan fingerprint density at radius 2 is 1.73 bits per heavy atom. The van der Waals surface area contributed by atoms with Gasteiger partial charge in [0.05, 0.1) is 12.2 Å². The highest BCUT2D eigenvalue weighted by molar-refractivity contribution is 7.14. The monoisotopic (exact) mass is 583 g/mol. The van der Waals surface area contributed by atoms with Crippen LogP contribution in [-0.4, -0.2) is 76.2 Å². The first-order chi connectivity index (χ1) is 18.5. The normalized spacial score (nSPS) is 25.6. The summed E-state index contributed by atoms with van der Waals surface area (Å²) in [5.74, 6) is -2.01. The van der Waals surface area contributed by atoms with E-state index in [-0.39, 0.29) is 48.2 Å². The van der Waals surface area contributed by atoms with Crippen molar-refractivity contribution in [3.8, 4) is 0 Å². The number of ether oxygens (including phenoxy) is 3. The minimum Gasteiger partial charge on any atom is -0.457 e. The van der Waals surface area contributed by atoms with E-state index in [2.05, 4.69) is 26.3 Å². The third-order valence-electron chi connectivity index (χ3n) is 5.40. The summed E-state index contributed by atoms with van der Waals surface area (Å²) in [7, 11) is 0. The van der Waals surface area contributed by atoms with Gasteiger partial charge in [-0.15, -0.1) is 11.3 Å². The Labute approximate surface area is 236 Å². The van der Waals surface area contributed by atoms with Crippen LogP contribution in [-0.2, 0) is 38.3 Å². The van der Waals surface area contributed by atoms with Gasteiger partial charge in [-0.1, -0.05) is 5.16 Å². The number of nitrogens with zero attached hydrogens (tertiary/aromatic N) is 2. The molecule has 2 fully saturated rings. The third kappa shape index (κ3) is 8.60. The molecule has 0 unspecified atom stereocenters. The van der Waals surface area contributed by atoms with Crippen LogP contribution in [0.4, 0.5) is 9.93 Å². The van der Waals surface area contributed by atoms with Crippen molar-refractivity contribution in [1.82, 2.24) is 15.8 Å². The van der Waals surface area contributed by atoms with E-state index in [9.17, 15) is 19.2 Å². The zero-order chi connectivity index (χ0) is 29.9. The molecule has 15 heteroatoms. The molecule has 0 radical (unpaired) electrons. The van der Waals surface area contributed by atoms with Crippen LogP contribution < -0.4 is 16.1 Å². The van der Waals surface area contributed by atoms with E-state index in [1.54, 1.807) is 55.4 Å². The van der Waals surface area contributed by atoms with Crippen LogP contribution in [0.1, 0.15) is 73.9 Å². The molecule has 0 aliphatic carbocycles. The van der Waals surface area contributed by atoms with Gasteiger partial charge in [0.25, 0.3) is 11.8 Å². The van der Waals surface area contributed by atoms with E-state index in [1.807, 2.05) is 0 Å². The number of aromatic nitrogens is 1. The summed E-state index contributed by atoms with van der Waals surface area (Å²) in [5.41, 5.74) is -1.25. The number of esters is 1. The first kappa shape index (κ1) is 31.2. The molecular formula is C25H37N5O9S. The van der Waals surface area contributed by atoms with Gasteiger partial charge in [0.2, 0.25) is 5.60 Å². The Morgan fingerprint density at radius 1 is 1.10 bits per heavy atom. The number of carbonyl (C=O) groups is 4. The van der Waals surface area contributed by atoms with Crippen LogP contribution in [0.3, 0.4) is 0 Å². The molecule has 2 aliphatic heterocycles. The lowest BCUT2D eigenvalue weighted by molar-refractivity contribution is -0.208. The average molecular weight is 584 g/mol. The Bertz CT molecular complexity index is 1140. The number of rotatable bonds is 7. The summed E-state index contributed by atoms with van der Waals surface area (Å²) < 4.78 is 16.7. The van der Waals surface area contributed by atoms with Gasteiger partial charge >= 0.3 is 12.1 Å². The largest absolute Gasteiger partial charge is 0.457 e. The molecule has 0 saturated carbocycles. The van der Waals surface area contributed by atoms with E-state index in [4.69, 9.17) is 23.9 Å². The van der Waals surface area contributed by atoms with Crippen LogP contribution in [0.2, 0.25) is 0 Å². The second-order valence-electron chi connectivity index (χ2n) is 11.7. The standard InChI is InChI=1S/C25H37N5O9S/c1-13-9-25(10-14(2)36-13,20(33)37-23(3,4)5)39-29-17(19(32)26-15-11-35-30-18(15)31)16-12-40-21(27-16)28-22(34)38-24(6,7)8/h12-15H,9-11H2,1-8H3,(H,26,32)(H,30,31)(H,27,28,34)/b29-17-/t13-,14-,15+/m1/s1. The van der Waals surface area contributed by atoms with E-state index >= 15 is 0 Å². The van der Waals surface area contributed by atoms with Crippen molar-refractivity contribution >= 4 is 46.1 Å². The predicted octanol–water partition coefficient (Wildman–Crippen LogP) is 2.42. The maximum absolute atomic E-state index is 13.4. The van der Waals surface area contributed by atoms with E-state index in [1.165, 1.54) is 5.38 Å². The highest BCUT2D eigenvalue weighted by atomic mass is 32.1. The SMILES string of the molecule is C[C@@H]1CC(O/N=C(\C(=O)N[C@H]2CONC2=O)c2csc(NC(=O)OC(C)(C)C)n2)(C(=O)OC(C)(C)C)C[C@@H](C)O1. The minimum atomic E-state index is -1.56. The first-order valence-electron chi connectivity index (χ1n) is 12.8. The Balaban J connectivity index is 1.95. The fourth-order valence-electron chi connectivity index (χ4n) is 4.00. The van der Waals surface area contributed by atoms with Crippen LogP contribution in [0, 0.1) is 0 Å². The lowest BCUT2D eigenvalue weighted by Gasteiger charge is -2.40. The van der Waals surface area contributed by atoms with Crippen molar-refractivity contribution in [2.45, 2.75) is 103 Å². The fraction of sp³-hybridized carbons (Fsp3) is 0.680. The van der Waals surface area contributed by atoms with Gasteiger partial charge < -0.3 is 24.4 Å². The molecule has 3 N–H and O–H groups in total. The smallest absolute Gasteiger partial charge is 0.413 e. The summed E-state index contributed by atoms with van der Waals surface area (Å²) in [6.45, 7) is 13.8. The van der Waals surface area contributed by atoms with Crippen molar-refractivity contribution in [3.63, 3.8) is 0 Å². The number of amides is 3. The minimum absolute atomic E-state index is 0.0281. The first-order valence-corrected chi connectivity index (χ1v) is 13.7. The number of hydrogen-bond donors (Lipinski definition) is 3. The lowest BCUT2D eigenvalue weighted by atomic mass is 9.87. The molecule has 3 heterocycles. The lowest BCUT2D eigenvalue weighted by Crippen LogP contribution is -2.53. The third-order valence-corrected chi connectivity index (χ3v) is 6.15. The second kappa shape index (κ2) is 12.1. The van der Waals surface area contributed by atoms with Crippen molar-refractivity contribution < 1.29 is 43.1 Å². The van der Waals surface area contributed by atoms with E-state index in [0.29, 0.717) is 0 Å². The molecule has 222 valence electrons. The van der Waals surface area contributed by atoms with Crippen molar-refractivity contribution in [1.29, 1.82) is 0 Å². The zero-order valence-corrected chi connectivity index (χ0v) is 24.7. The van der Waals surface area contributed by atoms with Gasteiger partial charge in [-0.3, -0.25) is 19.7 Å². The summed E-state index contributed by atoms with van der Waals surface area (Å²) in [6, 6.07) is -0.987. The fourth-order valence-corrected chi connectivity index (χ4v) is 4.68. The number of thiazole rings is 1. The Kier molecular flexibility index (Phi) is 9.42. The number of hydroxylamine groups is 1. The average Bonchev–Trinajstić information content (AvgIpc) is 3.39. The number of anilines is 1. The number of oxime groups is 1. The molecule has 0 spiro atoms. The number of carbonyl (C=O) groups excluding carboxylic acids is 4. The van der Waals surface area contributed by atoms with E-state index in [0.717, 1.165) is 11.3 Å². The Morgan fingerprint density at radius 3 is 2.27 bits per heavy atom. The predicted molar refractivity (Wildman–Crippen MR) is 143 cm³/mol. The summed E-state index contributed by atoms with van der Waals surface area (Å²) >= 11 is 1.01. The summed E-state index contributed by atoms with van der Waals surface area (Å²) in [5, 5.41) is 10.7. The molecule has 3 atom stereocenters. The van der Waals surface area contributed by atoms with Crippen LogP contribution >= 0.6 is 11.3 Å². The van der Waals surface area contributed by atoms with Gasteiger partial charge in [-0.05, 0) is 55.4 Å². The Hall–Kier alpha value is -3.30. The van der Waals surface area contributed by atoms with Crippen LogP contribution in [0.5, 0.6) is 0 Å². The molecule has 0 aromatic carbocycles. The van der Waals surface area contributed by atoms with Gasteiger partial charge in [0.15, 0.2) is 10.8 Å². The molecule has 3 rings (SSSR count). The highest BCUT2D eigenvalue weighted by Crippen LogP contribution is 2.35. The summed E-state index contributed by atoms with van der Waals surface area (Å²) in [6.07, 6.45) is -1.24. The van der Waals surface area contributed by atoms with E-state index < -0.39 is 46.7 Å². The molecular weight excluding hydrogens is 546 g/mol. The van der Waals surface area contributed by atoms with Crippen molar-refractivity contribution in [2.75, 3.05) is 11.9 Å². The molecule has 2 aliphatic rings. The van der Waals surface area contributed by atoms with Gasteiger partial charge in [0.1, 0.15) is 29.5 Å². The number of hydrogen-bond acceptors (Lipinski definition) is 12. The molecule has 2 saturated heterocycles. The highest BCUT2D eigenvalue weighted by Gasteiger charge is 2.50. The zero-order valence-electron chi connectivity index (χ0n) is 23.9. The van der Waals surface area contributed by atoms with Crippen molar-refractivity contribution in [3.05, 3.63) is 11.1 Å². The second-order valence-corrected chi connectivity index (χ2v) is 12.5. The maximum Gasteiger partial charge on any atom is 0.413 e. The molecule has 40 heavy (non-hydrogen) atoms. The number of nitrogens with one attached hydrogen (secondary N) is 3. The molecule has 0 bridgehead atoms. The van der Waals surface area contributed by atoms with Gasteiger partial charge in [-0.25, -0.2) is 20.1 Å².